The minimum atomic E-state index is -0.214. The van der Waals surface area contributed by atoms with Crippen molar-refractivity contribution in [3.8, 4) is 5.75 Å². The van der Waals surface area contributed by atoms with Gasteiger partial charge in [0.05, 0.1) is 12.8 Å². The number of nitrogens with zero attached hydrogens (tertiary/aromatic N) is 3. The van der Waals surface area contributed by atoms with Crippen LogP contribution in [0.5, 0.6) is 5.75 Å². The fraction of sp³-hybridized carbons (Fsp3) is 0.312. The Labute approximate surface area is 143 Å². The van der Waals surface area contributed by atoms with Crippen molar-refractivity contribution < 1.29 is 4.74 Å². The first kappa shape index (κ1) is 16.3. The molecule has 7 nitrogen and oxygen atoms in total. The zero-order chi connectivity index (χ0) is 17.1. The number of benzene rings is 1. The van der Waals surface area contributed by atoms with Crippen molar-refractivity contribution in [2.75, 3.05) is 18.5 Å². The molecule has 0 unspecified atom stereocenters. The Morgan fingerprint density at radius 2 is 2.25 bits per heavy atom. The van der Waals surface area contributed by atoms with E-state index in [0.29, 0.717) is 41.6 Å². The van der Waals surface area contributed by atoms with Gasteiger partial charge in [-0.25, -0.2) is 0 Å². The summed E-state index contributed by atoms with van der Waals surface area (Å²) >= 11 is 6.06. The number of hydrogen-bond donors (Lipinski definition) is 2. The van der Waals surface area contributed by atoms with Crippen LogP contribution < -0.4 is 15.6 Å². The highest BCUT2D eigenvalue weighted by atomic mass is 35.5. The summed E-state index contributed by atoms with van der Waals surface area (Å²) in [6, 6.07) is 5.55. The number of fused-ring (bicyclic) bond motifs is 1. The number of rotatable bonds is 6. The summed E-state index contributed by atoms with van der Waals surface area (Å²) in [6.07, 6.45) is 2.19. The van der Waals surface area contributed by atoms with Gasteiger partial charge in [0.2, 0.25) is 5.95 Å². The number of aromatic amines is 1. The number of aryl methyl sites for hydroxylation is 1. The Kier molecular flexibility index (Phi) is 4.71. The summed E-state index contributed by atoms with van der Waals surface area (Å²) < 4.78 is 7.17. The van der Waals surface area contributed by atoms with Crippen LogP contribution in [0.2, 0.25) is 5.02 Å². The highest BCUT2D eigenvalue weighted by molar-refractivity contribution is 6.30. The molecule has 0 amide bonds. The molecule has 0 aliphatic heterocycles. The van der Waals surface area contributed by atoms with Gasteiger partial charge in [0, 0.05) is 18.6 Å². The van der Waals surface area contributed by atoms with Gasteiger partial charge in [-0.2, -0.15) is 10.1 Å². The number of halogens is 1. The molecular weight excluding hydrogens is 330 g/mol. The van der Waals surface area contributed by atoms with Gasteiger partial charge in [-0.15, -0.1) is 0 Å². The van der Waals surface area contributed by atoms with Crippen LogP contribution in [0.3, 0.4) is 0 Å². The minimum absolute atomic E-state index is 0.214. The smallest absolute Gasteiger partial charge is 0.263 e. The van der Waals surface area contributed by atoms with E-state index in [-0.39, 0.29) is 5.56 Å². The van der Waals surface area contributed by atoms with E-state index in [2.05, 4.69) is 20.4 Å². The average molecular weight is 348 g/mol. The lowest BCUT2D eigenvalue weighted by Gasteiger charge is -2.11. The van der Waals surface area contributed by atoms with Gasteiger partial charge >= 0.3 is 0 Å². The average Bonchev–Trinajstić information content (AvgIpc) is 2.92. The van der Waals surface area contributed by atoms with Gasteiger partial charge in [-0.1, -0.05) is 11.6 Å². The van der Waals surface area contributed by atoms with Gasteiger partial charge in [-0.05, 0) is 37.1 Å². The van der Waals surface area contributed by atoms with Crippen molar-refractivity contribution in [1.82, 2.24) is 19.7 Å². The second-order valence-electron chi connectivity index (χ2n) is 5.28. The maximum absolute atomic E-state index is 12.0. The Hall–Kier alpha value is -2.54. The molecule has 2 aromatic heterocycles. The van der Waals surface area contributed by atoms with Gasteiger partial charge in [0.15, 0.2) is 5.65 Å². The lowest BCUT2D eigenvalue weighted by atomic mass is 10.1. The number of hydrogen-bond acceptors (Lipinski definition) is 5. The second-order valence-corrected chi connectivity index (χ2v) is 5.72. The van der Waals surface area contributed by atoms with E-state index in [0.717, 1.165) is 11.3 Å². The molecule has 2 N–H and O–H groups in total. The molecular formula is C16H18ClN5O2. The van der Waals surface area contributed by atoms with Crippen LogP contribution in [0.4, 0.5) is 5.95 Å². The molecule has 0 spiro atoms. The predicted molar refractivity (Wildman–Crippen MR) is 93.9 cm³/mol. The molecule has 0 bridgehead atoms. The third kappa shape index (κ3) is 3.35. The highest BCUT2D eigenvalue weighted by Crippen LogP contribution is 2.23. The largest absolute Gasteiger partial charge is 0.494 e. The van der Waals surface area contributed by atoms with E-state index in [1.165, 1.54) is 6.20 Å². The van der Waals surface area contributed by atoms with Crippen LogP contribution in [0.25, 0.3) is 11.0 Å². The number of anilines is 1. The quantitative estimate of drug-likeness (QED) is 0.715. The molecule has 0 saturated heterocycles. The van der Waals surface area contributed by atoms with Gasteiger partial charge in [0.25, 0.3) is 5.56 Å². The fourth-order valence-electron chi connectivity index (χ4n) is 2.47. The summed E-state index contributed by atoms with van der Waals surface area (Å²) in [7, 11) is 1.75. The molecule has 2 heterocycles. The standard InChI is InChI=1S/C16H18ClN5O2/c1-3-24-13-5-4-11(17)8-10(13)6-7-18-16-20-14-12(15(23)21-16)9-19-22(14)2/h4-5,8-9H,3,6-7H2,1-2H3,(H2,18,20,21,23). The van der Waals surface area contributed by atoms with Crippen molar-refractivity contribution >= 4 is 28.6 Å². The monoisotopic (exact) mass is 347 g/mol. The van der Waals surface area contributed by atoms with E-state index in [1.807, 2.05) is 19.1 Å². The third-order valence-electron chi connectivity index (χ3n) is 3.61. The zero-order valence-corrected chi connectivity index (χ0v) is 14.2. The molecule has 0 atom stereocenters. The molecule has 0 fully saturated rings. The number of ether oxygens (including phenoxy) is 1. The van der Waals surface area contributed by atoms with Crippen LogP contribution in [0.1, 0.15) is 12.5 Å². The van der Waals surface area contributed by atoms with Crippen LogP contribution in [0.15, 0.2) is 29.2 Å². The first-order valence-electron chi connectivity index (χ1n) is 7.65. The molecule has 3 rings (SSSR count). The fourth-order valence-corrected chi connectivity index (χ4v) is 2.67. The molecule has 1 aromatic carbocycles. The van der Waals surface area contributed by atoms with Gasteiger partial charge in [0.1, 0.15) is 11.1 Å². The van der Waals surface area contributed by atoms with Gasteiger partial charge in [-0.3, -0.25) is 14.5 Å². The molecule has 126 valence electrons. The Morgan fingerprint density at radius 1 is 1.42 bits per heavy atom. The van der Waals surface area contributed by atoms with Gasteiger partial charge < -0.3 is 10.1 Å². The molecule has 0 radical (unpaired) electrons. The first-order chi connectivity index (χ1) is 11.6. The molecule has 8 heteroatoms. The van der Waals surface area contributed by atoms with Crippen LogP contribution in [-0.2, 0) is 13.5 Å². The number of nitrogens with one attached hydrogen (secondary N) is 2. The third-order valence-corrected chi connectivity index (χ3v) is 3.85. The Morgan fingerprint density at radius 3 is 3.04 bits per heavy atom. The zero-order valence-electron chi connectivity index (χ0n) is 13.5. The summed E-state index contributed by atoms with van der Waals surface area (Å²) in [5, 5.41) is 8.30. The van der Waals surface area contributed by atoms with Crippen molar-refractivity contribution in [1.29, 1.82) is 0 Å². The van der Waals surface area contributed by atoms with Crippen molar-refractivity contribution in [3.05, 3.63) is 45.3 Å². The number of H-pyrrole nitrogens is 1. The van der Waals surface area contributed by atoms with E-state index in [4.69, 9.17) is 16.3 Å². The van der Waals surface area contributed by atoms with Crippen LogP contribution in [0, 0.1) is 0 Å². The first-order valence-corrected chi connectivity index (χ1v) is 8.03. The summed E-state index contributed by atoms with van der Waals surface area (Å²) in [4.78, 5) is 19.1. The number of aromatic nitrogens is 4. The minimum Gasteiger partial charge on any atom is -0.494 e. The summed E-state index contributed by atoms with van der Waals surface area (Å²) in [5.41, 5.74) is 1.33. The lowest BCUT2D eigenvalue weighted by molar-refractivity contribution is 0.336. The second kappa shape index (κ2) is 6.92. The maximum atomic E-state index is 12.0. The van der Waals surface area contributed by atoms with Crippen molar-refractivity contribution in [2.45, 2.75) is 13.3 Å². The topological polar surface area (TPSA) is 84.8 Å². The Balaban J connectivity index is 1.74. The molecule has 24 heavy (non-hydrogen) atoms. The normalized spacial score (nSPS) is 11.0. The molecule has 3 aromatic rings. The van der Waals surface area contributed by atoms with E-state index < -0.39 is 0 Å². The van der Waals surface area contributed by atoms with Crippen LogP contribution in [-0.4, -0.2) is 32.9 Å². The van der Waals surface area contributed by atoms with Crippen molar-refractivity contribution in [3.63, 3.8) is 0 Å². The maximum Gasteiger partial charge on any atom is 0.263 e. The molecule has 0 aliphatic carbocycles. The van der Waals surface area contributed by atoms with Crippen LogP contribution >= 0.6 is 11.6 Å². The van der Waals surface area contributed by atoms with E-state index >= 15 is 0 Å². The molecule has 0 saturated carbocycles. The van der Waals surface area contributed by atoms with E-state index in [1.54, 1.807) is 17.8 Å². The molecule has 0 aliphatic rings. The summed E-state index contributed by atoms with van der Waals surface area (Å²) in [6.45, 7) is 3.11. The lowest BCUT2D eigenvalue weighted by Crippen LogP contribution is -2.15. The summed E-state index contributed by atoms with van der Waals surface area (Å²) in [5.74, 6) is 1.23. The SMILES string of the molecule is CCOc1ccc(Cl)cc1CCNc1nc2c(cnn2C)c(=O)[nH]1. The van der Waals surface area contributed by atoms with Crippen molar-refractivity contribution in [2.24, 2.45) is 7.05 Å². The highest BCUT2D eigenvalue weighted by Gasteiger charge is 2.09. The Bertz CT molecular complexity index is 918. The van der Waals surface area contributed by atoms with E-state index in [9.17, 15) is 4.79 Å². The predicted octanol–water partition coefficient (Wildman–Crippen LogP) is 2.36.